The van der Waals surface area contributed by atoms with Crippen LogP contribution in [0.4, 0.5) is 0 Å². The van der Waals surface area contributed by atoms with Crippen LogP contribution in [0.2, 0.25) is 0 Å². The van der Waals surface area contributed by atoms with Gasteiger partial charge in [0.25, 0.3) is 0 Å². The van der Waals surface area contributed by atoms with E-state index in [1.807, 2.05) is 49.4 Å². The van der Waals surface area contributed by atoms with Crippen LogP contribution < -0.4 is 0 Å². The Kier molecular flexibility index (Phi) is 2.55. The van der Waals surface area contributed by atoms with Crippen molar-refractivity contribution in [1.82, 2.24) is 0 Å². The van der Waals surface area contributed by atoms with Gasteiger partial charge < -0.3 is 5.11 Å². The summed E-state index contributed by atoms with van der Waals surface area (Å²) in [5, 5.41) is 10.6. The number of hydrogen-bond acceptors (Lipinski definition) is 2. The van der Waals surface area contributed by atoms with E-state index in [1.165, 1.54) is 0 Å². The van der Waals surface area contributed by atoms with Gasteiger partial charge in [-0.25, -0.2) is 0 Å². The van der Waals surface area contributed by atoms with E-state index in [-0.39, 0.29) is 11.2 Å². The van der Waals surface area contributed by atoms with Crippen LogP contribution >= 0.6 is 0 Å². The number of rotatable bonds is 1. The lowest BCUT2D eigenvalue weighted by Crippen LogP contribution is -2.48. The minimum absolute atomic E-state index is 0.153. The molecule has 2 aliphatic carbocycles. The Hall–Kier alpha value is -1.67. The quantitative estimate of drug-likeness (QED) is 0.782. The second-order valence-electron chi connectivity index (χ2n) is 5.82. The molecule has 1 aromatic rings. The first-order valence-corrected chi connectivity index (χ1v) is 6.70. The van der Waals surface area contributed by atoms with Gasteiger partial charge in [0, 0.05) is 11.0 Å². The van der Waals surface area contributed by atoms with Gasteiger partial charge in [0.15, 0.2) is 5.78 Å². The van der Waals surface area contributed by atoms with Crippen LogP contribution in [0.25, 0.3) is 6.08 Å². The van der Waals surface area contributed by atoms with Crippen molar-refractivity contribution in [2.75, 3.05) is 0 Å². The number of carbonyl (C=O) groups excluding carboxylic acids is 1. The molecule has 19 heavy (non-hydrogen) atoms. The molecule has 1 N–H and O–H groups in total. The van der Waals surface area contributed by atoms with E-state index in [0.717, 1.165) is 24.0 Å². The molecular formula is C17H18O2. The maximum atomic E-state index is 12.5. The molecular weight excluding hydrogens is 236 g/mol. The zero-order valence-corrected chi connectivity index (χ0v) is 11.3. The molecule has 0 radical (unpaired) electrons. The first-order chi connectivity index (χ1) is 8.97. The van der Waals surface area contributed by atoms with Gasteiger partial charge in [-0.2, -0.15) is 0 Å². The van der Waals surface area contributed by atoms with Crippen molar-refractivity contribution in [2.45, 2.75) is 32.3 Å². The third-order valence-corrected chi connectivity index (χ3v) is 4.63. The molecule has 0 saturated heterocycles. The lowest BCUT2D eigenvalue weighted by atomic mass is 9.70. The number of benzene rings is 1. The summed E-state index contributed by atoms with van der Waals surface area (Å²) in [6.45, 7) is 3.68. The summed E-state index contributed by atoms with van der Waals surface area (Å²) in [5.74, 6) is -0.153. The highest BCUT2D eigenvalue weighted by Crippen LogP contribution is 2.61. The summed E-state index contributed by atoms with van der Waals surface area (Å²) in [7, 11) is 0. The summed E-state index contributed by atoms with van der Waals surface area (Å²) < 4.78 is 0. The summed E-state index contributed by atoms with van der Waals surface area (Å²) in [5.41, 5.74) is 1.16. The highest BCUT2D eigenvalue weighted by atomic mass is 16.3. The van der Waals surface area contributed by atoms with Gasteiger partial charge in [0.2, 0.25) is 0 Å². The molecule has 0 heterocycles. The Labute approximate surface area is 113 Å². The summed E-state index contributed by atoms with van der Waals surface area (Å²) >= 11 is 0. The van der Waals surface area contributed by atoms with Gasteiger partial charge in [0.1, 0.15) is 5.60 Å². The lowest BCUT2D eigenvalue weighted by molar-refractivity contribution is -0.137. The summed E-state index contributed by atoms with van der Waals surface area (Å²) in [6, 6.07) is 9.74. The van der Waals surface area contributed by atoms with Gasteiger partial charge in [-0.15, -0.1) is 0 Å². The molecule has 1 spiro atoms. The van der Waals surface area contributed by atoms with Crippen LogP contribution in [-0.4, -0.2) is 16.5 Å². The Balaban J connectivity index is 2.07. The predicted molar refractivity (Wildman–Crippen MR) is 75.5 cm³/mol. The number of Topliss-reactive ketones (excluding diaryl/α,β-unsaturated/α-hetero) is 1. The third-order valence-electron chi connectivity index (χ3n) is 4.63. The molecule has 0 bridgehead atoms. The maximum Gasteiger partial charge on any atom is 0.194 e. The van der Waals surface area contributed by atoms with E-state index >= 15 is 0 Å². The highest BCUT2D eigenvalue weighted by Gasteiger charge is 2.62. The van der Waals surface area contributed by atoms with E-state index < -0.39 is 5.60 Å². The minimum Gasteiger partial charge on any atom is -0.381 e. The number of hydrogen-bond donors (Lipinski definition) is 1. The van der Waals surface area contributed by atoms with E-state index in [9.17, 15) is 9.90 Å². The average molecular weight is 254 g/mol. The van der Waals surface area contributed by atoms with E-state index in [2.05, 4.69) is 0 Å². The topological polar surface area (TPSA) is 37.3 Å². The molecule has 2 heteroatoms. The zero-order chi connectivity index (χ0) is 13.7. The number of carbonyl (C=O) groups is 1. The first kappa shape index (κ1) is 12.4. The molecule has 1 saturated carbocycles. The first-order valence-electron chi connectivity index (χ1n) is 6.70. The Bertz CT molecular complexity index is 587. The van der Waals surface area contributed by atoms with Crippen LogP contribution in [0.3, 0.4) is 0 Å². The van der Waals surface area contributed by atoms with Gasteiger partial charge in [-0.05, 0) is 38.3 Å². The molecule has 3 rings (SSSR count). The van der Waals surface area contributed by atoms with Crippen molar-refractivity contribution in [3.8, 4) is 0 Å². The Morgan fingerprint density at radius 1 is 1.21 bits per heavy atom. The predicted octanol–water partition coefficient (Wildman–Crippen LogP) is 3.13. The van der Waals surface area contributed by atoms with Crippen LogP contribution in [0.1, 0.15) is 32.3 Å². The summed E-state index contributed by atoms with van der Waals surface area (Å²) in [4.78, 5) is 12.5. The van der Waals surface area contributed by atoms with Crippen LogP contribution in [0, 0.1) is 5.41 Å². The van der Waals surface area contributed by atoms with Crippen molar-refractivity contribution in [3.05, 3.63) is 53.1 Å². The minimum atomic E-state index is -1.26. The molecule has 0 aliphatic heterocycles. The fourth-order valence-electron chi connectivity index (χ4n) is 3.16. The monoisotopic (exact) mass is 254 g/mol. The molecule has 1 fully saturated rings. The normalized spacial score (nSPS) is 30.6. The number of ketones is 1. The van der Waals surface area contributed by atoms with Crippen molar-refractivity contribution >= 4 is 11.9 Å². The van der Waals surface area contributed by atoms with E-state index in [4.69, 9.17) is 0 Å². The standard InChI is InChI=1S/C17H18O2/c1-12-10-14(11-13-6-4-3-5-7-13)15(18)16(2,19)17(12)8-9-17/h3-7,10-11,19H,8-9H2,1-2H3/b14-11+. The number of allylic oxidation sites excluding steroid dienone is 1. The van der Waals surface area contributed by atoms with Gasteiger partial charge in [0.05, 0.1) is 0 Å². The SMILES string of the molecule is CC1=C/C(=C\c2ccccc2)C(=O)C(C)(O)C12CC2. The zero-order valence-electron chi connectivity index (χ0n) is 11.3. The molecule has 0 amide bonds. The van der Waals surface area contributed by atoms with Crippen molar-refractivity contribution in [1.29, 1.82) is 0 Å². The third kappa shape index (κ3) is 1.71. The molecule has 1 aromatic carbocycles. The fraction of sp³-hybridized carbons (Fsp3) is 0.353. The van der Waals surface area contributed by atoms with Gasteiger partial charge in [-0.3, -0.25) is 4.79 Å². The molecule has 1 unspecified atom stereocenters. The van der Waals surface area contributed by atoms with Crippen molar-refractivity contribution in [3.63, 3.8) is 0 Å². The van der Waals surface area contributed by atoms with E-state index in [0.29, 0.717) is 5.57 Å². The average Bonchev–Trinajstić information content (AvgIpc) is 3.18. The van der Waals surface area contributed by atoms with Crippen molar-refractivity contribution < 1.29 is 9.90 Å². The van der Waals surface area contributed by atoms with Crippen LogP contribution in [0.5, 0.6) is 0 Å². The summed E-state index contributed by atoms with van der Waals surface area (Å²) in [6.07, 6.45) is 5.62. The second kappa shape index (κ2) is 3.91. The smallest absolute Gasteiger partial charge is 0.194 e. The Morgan fingerprint density at radius 2 is 1.84 bits per heavy atom. The molecule has 1 atom stereocenters. The largest absolute Gasteiger partial charge is 0.381 e. The molecule has 0 aromatic heterocycles. The van der Waals surface area contributed by atoms with E-state index in [1.54, 1.807) is 6.92 Å². The number of aliphatic hydroxyl groups is 1. The maximum absolute atomic E-state index is 12.5. The molecule has 2 nitrogen and oxygen atoms in total. The second-order valence-corrected chi connectivity index (χ2v) is 5.82. The van der Waals surface area contributed by atoms with Gasteiger partial charge in [-0.1, -0.05) is 42.0 Å². The highest BCUT2D eigenvalue weighted by molar-refractivity contribution is 6.09. The van der Waals surface area contributed by atoms with Crippen LogP contribution in [0.15, 0.2) is 47.6 Å². The fourth-order valence-corrected chi connectivity index (χ4v) is 3.16. The van der Waals surface area contributed by atoms with Crippen LogP contribution in [-0.2, 0) is 4.79 Å². The van der Waals surface area contributed by atoms with Gasteiger partial charge >= 0.3 is 0 Å². The van der Waals surface area contributed by atoms with Crippen molar-refractivity contribution in [2.24, 2.45) is 5.41 Å². The molecule has 2 aliphatic rings. The molecule has 98 valence electrons. The lowest BCUT2D eigenvalue weighted by Gasteiger charge is -2.37. The Morgan fingerprint density at radius 3 is 2.42 bits per heavy atom.